The van der Waals surface area contributed by atoms with Crippen LogP contribution in [0, 0.1) is 0 Å². The largest absolute Gasteiger partial charge is 0.507 e. The Hall–Kier alpha value is -2.36. The van der Waals surface area contributed by atoms with E-state index >= 15 is 0 Å². The van der Waals surface area contributed by atoms with Crippen molar-refractivity contribution < 1.29 is 9.90 Å². The van der Waals surface area contributed by atoms with Gasteiger partial charge in [0.05, 0.1) is 5.56 Å². The molecule has 0 atom stereocenters. The van der Waals surface area contributed by atoms with Gasteiger partial charge in [0.2, 0.25) is 0 Å². The maximum Gasteiger partial charge on any atom is 0.275 e. The molecule has 0 radical (unpaired) electrons. The van der Waals surface area contributed by atoms with Crippen LogP contribution in [0.4, 0.5) is 0 Å². The molecule has 4 nitrogen and oxygen atoms in total. The average molecular weight is 256 g/mol. The second-order valence-corrected chi connectivity index (χ2v) is 4.36. The van der Waals surface area contributed by atoms with Gasteiger partial charge in [0.25, 0.3) is 5.91 Å². The molecule has 19 heavy (non-hydrogen) atoms. The molecule has 0 spiro atoms. The number of nitrogens with zero attached hydrogens (tertiary/aromatic N) is 1. The summed E-state index contributed by atoms with van der Waals surface area (Å²) >= 11 is 0. The molecular formula is C15H16N2O2. The molecule has 0 aliphatic rings. The maximum absolute atomic E-state index is 12.0. The molecular weight excluding hydrogens is 240 g/mol. The minimum atomic E-state index is -0.406. The van der Waals surface area contributed by atoms with Crippen molar-refractivity contribution in [1.29, 1.82) is 0 Å². The molecule has 0 unspecified atom stereocenters. The predicted molar refractivity (Wildman–Crippen MR) is 76.5 cm³/mol. The lowest BCUT2D eigenvalue weighted by molar-refractivity contribution is 0.0952. The Bertz CT molecular complexity index is 648. The number of hydrazone groups is 1. The number of phenols is 1. The van der Waals surface area contributed by atoms with Crippen LogP contribution in [0.15, 0.2) is 41.5 Å². The summed E-state index contributed by atoms with van der Waals surface area (Å²) in [6, 6.07) is 10.8. The number of benzene rings is 2. The average Bonchev–Trinajstić information content (AvgIpc) is 2.43. The van der Waals surface area contributed by atoms with Crippen LogP contribution in [-0.2, 0) is 0 Å². The lowest BCUT2D eigenvalue weighted by Crippen LogP contribution is -2.19. The molecule has 0 saturated heterocycles. The van der Waals surface area contributed by atoms with Crippen LogP contribution >= 0.6 is 0 Å². The van der Waals surface area contributed by atoms with Crippen molar-refractivity contribution in [3.63, 3.8) is 0 Å². The molecule has 0 saturated carbocycles. The zero-order chi connectivity index (χ0) is 13.8. The van der Waals surface area contributed by atoms with Gasteiger partial charge < -0.3 is 5.11 Å². The summed E-state index contributed by atoms with van der Waals surface area (Å²) < 4.78 is 0. The van der Waals surface area contributed by atoms with E-state index in [-0.39, 0.29) is 11.3 Å². The number of hydrogen-bond donors (Lipinski definition) is 2. The summed E-state index contributed by atoms with van der Waals surface area (Å²) in [5.74, 6) is -0.448. The van der Waals surface area contributed by atoms with Gasteiger partial charge in [0.1, 0.15) is 5.75 Å². The number of carbonyl (C=O) groups is 1. The Morgan fingerprint density at radius 3 is 2.53 bits per heavy atom. The minimum Gasteiger partial charge on any atom is -0.507 e. The van der Waals surface area contributed by atoms with Crippen LogP contribution in [0.5, 0.6) is 5.75 Å². The summed E-state index contributed by atoms with van der Waals surface area (Å²) in [7, 11) is 0. The number of phenolic OH excluding ortho intramolecular Hbond substituents is 1. The fraction of sp³-hybridized carbons (Fsp3) is 0.200. The molecule has 2 aromatic rings. The van der Waals surface area contributed by atoms with Gasteiger partial charge in [-0.25, -0.2) is 5.43 Å². The molecule has 1 amide bonds. The molecule has 0 heterocycles. The number of rotatable bonds is 3. The lowest BCUT2D eigenvalue weighted by atomic mass is 10.1. The first-order valence-electron chi connectivity index (χ1n) is 6.17. The van der Waals surface area contributed by atoms with E-state index in [0.29, 0.717) is 0 Å². The van der Waals surface area contributed by atoms with Crippen LogP contribution in [0.3, 0.4) is 0 Å². The van der Waals surface area contributed by atoms with Gasteiger partial charge in [-0.1, -0.05) is 31.2 Å². The van der Waals surface area contributed by atoms with Crippen molar-refractivity contribution in [3.8, 4) is 5.75 Å². The highest BCUT2D eigenvalue weighted by Crippen LogP contribution is 2.24. The van der Waals surface area contributed by atoms with Crippen molar-refractivity contribution in [3.05, 3.63) is 42.0 Å². The summed E-state index contributed by atoms with van der Waals surface area (Å²) in [6.07, 6.45) is 0.768. The summed E-state index contributed by atoms with van der Waals surface area (Å²) in [5, 5.41) is 15.6. The van der Waals surface area contributed by atoms with Gasteiger partial charge in [-0.15, -0.1) is 0 Å². The molecule has 0 aliphatic carbocycles. The Balaban J connectivity index is 2.34. The Kier molecular flexibility index (Phi) is 3.80. The van der Waals surface area contributed by atoms with Crippen LogP contribution in [0.2, 0.25) is 0 Å². The zero-order valence-corrected chi connectivity index (χ0v) is 11.0. The smallest absolute Gasteiger partial charge is 0.275 e. The first-order chi connectivity index (χ1) is 9.11. The fourth-order valence-corrected chi connectivity index (χ4v) is 1.70. The number of amides is 1. The highest BCUT2D eigenvalue weighted by molar-refractivity contribution is 6.01. The van der Waals surface area contributed by atoms with Crippen molar-refractivity contribution in [2.75, 3.05) is 0 Å². The second kappa shape index (κ2) is 5.52. The Morgan fingerprint density at radius 2 is 1.89 bits per heavy atom. The van der Waals surface area contributed by atoms with Crippen molar-refractivity contribution in [1.82, 2.24) is 5.43 Å². The number of fused-ring (bicyclic) bond motifs is 1. The first-order valence-corrected chi connectivity index (χ1v) is 6.17. The van der Waals surface area contributed by atoms with Gasteiger partial charge >= 0.3 is 0 Å². The monoisotopic (exact) mass is 256 g/mol. The Labute approximate surface area is 111 Å². The van der Waals surface area contributed by atoms with Gasteiger partial charge in [-0.3, -0.25) is 4.79 Å². The molecule has 0 aliphatic heterocycles. The molecule has 0 aromatic heterocycles. The van der Waals surface area contributed by atoms with E-state index in [9.17, 15) is 9.90 Å². The predicted octanol–water partition coefficient (Wildman–Crippen LogP) is 3.06. The topological polar surface area (TPSA) is 61.7 Å². The van der Waals surface area contributed by atoms with Gasteiger partial charge in [0.15, 0.2) is 0 Å². The van der Waals surface area contributed by atoms with Gasteiger partial charge in [-0.05, 0) is 36.2 Å². The number of carbonyl (C=O) groups excluding carboxylic acids is 1. The number of nitrogens with one attached hydrogen (secondary N) is 1. The molecule has 98 valence electrons. The third kappa shape index (κ3) is 2.91. The molecule has 0 bridgehead atoms. The SMILES string of the molecule is CC/C(C)=N/NC(=O)c1cc2ccccc2cc1O. The standard InChI is InChI=1S/C15H16N2O2/c1-3-10(2)16-17-15(19)13-8-11-6-4-5-7-12(11)9-14(13)18/h4-9,18H,3H2,1-2H3,(H,17,19)/b16-10+. The van der Waals surface area contributed by atoms with E-state index in [0.717, 1.165) is 22.9 Å². The molecule has 0 fully saturated rings. The highest BCUT2D eigenvalue weighted by Gasteiger charge is 2.11. The van der Waals surface area contributed by atoms with Gasteiger partial charge in [0, 0.05) is 5.71 Å². The number of aromatic hydroxyl groups is 1. The number of hydrogen-bond acceptors (Lipinski definition) is 3. The van der Waals surface area contributed by atoms with Crippen molar-refractivity contribution >= 4 is 22.4 Å². The molecule has 4 heteroatoms. The molecule has 2 N–H and O–H groups in total. The summed E-state index contributed by atoms with van der Waals surface area (Å²) in [5.41, 5.74) is 3.50. The molecule has 2 aromatic carbocycles. The fourth-order valence-electron chi connectivity index (χ4n) is 1.70. The Morgan fingerprint density at radius 1 is 1.26 bits per heavy atom. The van der Waals surface area contributed by atoms with E-state index in [1.54, 1.807) is 12.1 Å². The molecule has 2 rings (SSSR count). The summed E-state index contributed by atoms with van der Waals surface area (Å²) in [6.45, 7) is 3.79. The highest BCUT2D eigenvalue weighted by atomic mass is 16.3. The van der Waals surface area contributed by atoms with E-state index in [1.807, 2.05) is 38.1 Å². The zero-order valence-electron chi connectivity index (χ0n) is 11.0. The maximum atomic E-state index is 12.0. The van der Waals surface area contributed by atoms with Crippen LogP contribution < -0.4 is 5.43 Å². The minimum absolute atomic E-state index is 0.0412. The van der Waals surface area contributed by atoms with Crippen LogP contribution in [0.1, 0.15) is 30.6 Å². The lowest BCUT2D eigenvalue weighted by Gasteiger charge is -2.06. The first kappa shape index (κ1) is 13.1. The third-order valence-electron chi connectivity index (χ3n) is 2.97. The van der Waals surface area contributed by atoms with Crippen molar-refractivity contribution in [2.45, 2.75) is 20.3 Å². The van der Waals surface area contributed by atoms with E-state index < -0.39 is 5.91 Å². The second-order valence-electron chi connectivity index (χ2n) is 4.36. The van der Waals surface area contributed by atoms with E-state index in [1.165, 1.54) is 0 Å². The van der Waals surface area contributed by atoms with E-state index in [4.69, 9.17) is 0 Å². The summed E-state index contributed by atoms with van der Waals surface area (Å²) in [4.78, 5) is 12.0. The quantitative estimate of drug-likeness (QED) is 0.655. The third-order valence-corrected chi connectivity index (χ3v) is 2.97. The van der Waals surface area contributed by atoms with Crippen LogP contribution in [-0.4, -0.2) is 16.7 Å². The van der Waals surface area contributed by atoms with Crippen molar-refractivity contribution in [2.24, 2.45) is 5.10 Å². The normalized spacial score (nSPS) is 11.6. The van der Waals surface area contributed by atoms with Gasteiger partial charge in [-0.2, -0.15) is 5.10 Å². The van der Waals surface area contributed by atoms with E-state index in [2.05, 4.69) is 10.5 Å². The van der Waals surface area contributed by atoms with Crippen LogP contribution in [0.25, 0.3) is 10.8 Å².